The second-order valence-electron chi connectivity index (χ2n) is 3.36. The number of hydrogen-bond acceptors (Lipinski definition) is 3. The summed E-state index contributed by atoms with van der Waals surface area (Å²) in [5.41, 5.74) is 5.48. The van der Waals surface area contributed by atoms with Gasteiger partial charge in [0.05, 0.1) is 19.8 Å². The third-order valence-electron chi connectivity index (χ3n) is 2.14. The van der Waals surface area contributed by atoms with Gasteiger partial charge in [0, 0.05) is 13.1 Å². The molecule has 0 spiro atoms. The van der Waals surface area contributed by atoms with Crippen LogP contribution in [0.1, 0.15) is 0 Å². The lowest BCUT2D eigenvalue weighted by molar-refractivity contribution is -0.199. The van der Waals surface area contributed by atoms with Crippen molar-refractivity contribution in [2.45, 2.75) is 12.3 Å². The smallest absolute Gasteiger partial charge is 0.382 e. The molecular formula is C8H15F3IN3O2. The lowest BCUT2D eigenvalue weighted by Crippen LogP contribution is -2.45. The maximum absolute atomic E-state index is 11.9. The van der Waals surface area contributed by atoms with Crippen molar-refractivity contribution in [2.75, 3.05) is 32.8 Å². The van der Waals surface area contributed by atoms with E-state index in [1.165, 1.54) is 0 Å². The Morgan fingerprint density at radius 1 is 1.41 bits per heavy atom. The molecule has 0 aliphatic carbocycles. The molecule has 0 aromatic heterocycles. The Balaban J connectivity index is 0.00000256. The van der Waals surface area contributed by atoms with Crippen LogP contribution in [0.3, 0.4) is 0 Å². The normalized spacial score (nSPS) is 19.8. The topological polar surface area (TPSA) is 71.1 Å². The fourth-order valence-electron chi connectivity index (χ4n) is 1.18. The minimum Gasteiger partial charge on any atom is -0.382 e. The molecular weight excluding hydrogens is 354 g/mol. The Bertz CT molecular complexity index is 257. The lowest BCUT2D eigenvalue weighted by atomic mass is 10.3. The number of rotatable bonds is 2. The number of aliphatic imine (C=N–C) groups is 1. The fourth-order valence-corrected chi connectivity index (χ4v) is 1.18. The number of aliphatic hydroxyl groups is 1. The lowest BCUT2D eigenvalue weighted by Gasteiger charge is -2.27. The number of halogens is 4. The van der Waals surface area contributed by atoms with Crippen LogP contribution in [0.25, 0.3) is 0 Å². The minimum atomic E-state index is -4.66. The molecule has 0 radical (unpaired) electrons. The Labute approximate surface area is 114 Å². The summed E-state index contributed by atoms with van der Waals surface area (Å²) >= 11 is 0. The summed E-state index contributed by atoms with van der Waals surface area (Å²) < 4.78 is 40.9. The molecule has 5 nitrogen and oxygen atoms in total. The molecule has 0 aromatic carbocycles. The van der Waals surface area contributed by atoms with E-state index in [9.17, 15) is 13.2 Å². The van der Waals surface area contributed by atoms with Gasteiger partial charge in [0.2, 0.25) is 0 Å². The van der Waals surface area contributed by atoms with E-state index in [1.807, 2.05) is 0 Å². The predicted molar refractivity (Wildman–Crippen MR) is 66.4 cm³/mol. The molecule has 1 heterocycles. The van der Waals surface area contributed by atoms with Crippen LogP contribution in [0.2, 0.25) is 0 Å². The van der Waals surface area contributed by atoms with Gasteiger partial charge in [-0.1, -0.05) is 0 Å². The molecule has 1 unspecified atom stereocenters. The predicted octanol–water partition coefficient (Wildman–Crippen LogP) is 0.175. The van der Waals surface area contributed by atoms with Crippen molar-refractivity contribution < 1.29 is 23.0 Å². The van der Waals surface area contributed by atoms with Crippen LogP contribution in [0.5, 0.6) is 0 Å². The molecule has 3 N–H and O–H groups in total. The van der Waals surface area contributed by atoms with E-state index in [-0.39, 0.29) is 29.9 Å². The van der Waals surface area contributed by atoms with Gasteiger partial charge in [-0.15, -0.1) is 24.0 Å². The molecule has 1 saturated heterocycles. The minimum absolute atomic E-state index is 0. The number of alkyl halides is 3. The highest BCUT2D eigenvalue weighted by molar-refractivity contribution is 14.0. The first-order valence-corrected chi connectivity index (χ1v) is 4.78. The second-order valence-corrected chi connectivity index (χ2v) is 3.36. The van der Waals surface area contributed by atoms with Gasteiger partial charge in [0.1, 0.15) is 0 Å². The largest absolute Gasteiger partial charge is 0.416 e. The van der Waals surface area contributed by atoms with Crippen molar-refractivity contribution in [2.24, 2.45) is 10.7 Å². The molecule has 0 amide bonds. The van der Waals surface area contributed by atoms with E-state index in [1.54, 1.807) is 4.90 Å². The highest BCUT2D eigenvalue weighted by Crippen LogP contribution is 2.19. The summed E-state index contributed by atoms with van der Waals surface area (Å²) in [4.78, 5) is 5.13. The number of ether oxygens (including phenoxy) is 1. The van der Waals surface area contributed by atoms with Crippen molar-refractivity contribution >= 4 is 29.9 Å². The van der Waals surface area contributed by atoms with Gasteiger partial charge in [-0.05, 0) is 0 Å². The first-order valence-electron chi connectivity index (χ1n) is 4.78. The van der Waals surface area contributed by atoms with Crippen LogP contribution in [-0.2, 0) is 4.74 Å². The summed E-state index contributed by atoms with van der Waals surface area (Å²) in [5.74, 6) is 0.00611. The first-order chi connectivity index (χ1) is 7.41. The van der Waals surface area contributed by atoms with Crippen molar-refractivity contribution in [1.29, 1.82) is 0 Å². The summed E-state index contributed by atoms with van der Waals surface area (Å²) in [6.07, 6.45) is -7.12. The third kappa shape index (κ3) is 5.73. The van der Waals surface area contributed by atoms with Crippen LogP contribution >= 0.6 is 24.0 Å². The van der Waals surface area contributed by atoms with Gasteiger partial charge >= 0.3 is 6.18 Å². The summed E-state index contributed by atoms with van der Waals surface area (Å²) in [7, 11) is 0. The van der Waals surface area contributed by atoms with E-state index in [4.69, 9.17) is 15.6 Å². The van der Waals surface area contributed by atoms with Crippen LogP contribution in [-0.4, -0.2) is 61.1 Å². The number of aliphatic hydroxyl groups excluding tert-OH is 1. The van der Waals surface area contributed by atoms with Crippen LogP contribution in [0, 0.1) is 0 Å². The van der Waals surface area contributed by atoms with E-state index >= 15 is 0 Å². The Morgan fingerprint density at radius 3 is 2.41 bits per heavy atom. The van der Waals surface area contributed by atoms with Gasteiger partial charge < -0.3 is 20.5 Å². The third-order valence-corrected chi connectivity index (χ3v) is 2.14. The summed E-state index contributed by atoms with van der Waals surface area (Å²) in [6, 6.07) is 0. The summed E-state index contributed by atoms with van der Waals surface area (Å²) in [6.45, 7) is 1.16. The van der Waals surface area contributed by atoms with E-state index in [0.717, 1.165) is 0 Å². The summed E-state index contributed by atoms with van der Waals surface area (Å²) in [5, 5.41) is 8.70. The molecule has 0 bridgehead atoms. The van der Waals surface area contributed by atoms with Crippen molar-refractivity contribution in [3.05, 3.63) is 0 Å². The van der Waals surface area contributed by atoms with E-state index in [2.05, 4.69) is 4.99 Å². The monoisotopic (exact) mass is 369 g/mol. The molecule has 1 fully saturated rings. The highest BCUT2D eigenvalue weighted by Gasteiger charge is 2.38. The van der Waals surface area contributed by atoms with E-state index in [0.29, 0.717) is 26.3 Å². The quantitative estimate of drug-likeness (QED) is 0.414. The Hall–Kier alpha value is -0.290. The molecule has 17 heavy (non-hydrogen) atoms. The van der Waals surface area contributed by atoms with Gasteiger partial charge in [-0.2, -0.15) is 13.2 Å². The van der Waals surface area contributed by atoms with E-state index < -0.39 is 18.8 Å². The Morgan fingerprint density at radius 2 is 1.94 bits per heavy atom. The molecule has 9 heteroatoms. The number of hydrogen-bond donors (Lipinski definition) is 2. The zero-order valence-corrected chi connectivity index (χ0v) is 11.3. The van der Waals surface area contributed by atoms with Gasteiger partial charge in [-0.3, -0.25) is 4.99 Å². The molecule has 0 saturated carbocycles. The number of nitrogens with two attached hydrogens (primary N) is 1. The number of morpholine rings is 1. The average molecular weight is 369 g/mol. The first kappa shape index (κ1) is 16.7. The van der Waals surface area contributed by atoms with Gasteiger partial charge in [0.25, 0.3) is 0 Å². The molecule has 1 aliphatic rings. The van der Waals surface area contributed by atoms with Crippen molar-refractivity contribution in [1.82, 2.24) is 4.90 Å². The average Bonchev–Trinajstić information content (AvgIpc) is 2.25. The molecule has 1 rings (SSSR count). The highest BCUT2D eigenvalue weighted by atomic mass is 127. The van der Waals surface area contributed by atoms with Crippen LogP contribution < -0.4 is 5.73 Å². The number of guanidine groups is 1. The van der Waals surface area contributed by atoms with Crippen LogP contribution in [0.4, 0.5) is 13.2 Å². The molecule has 1 atom stereocenters. The molecule has 1 aliphatic heterocycles. The van der Waals surface area contributed by atoms with Crippen molar-refractivity contribution in [3.8, 4) is 0 Å². The number of nitrogens with zero attached hydrogens (tertiary/aromatic N) is 2. The fraction of sp³-hybridized carbons (Fsp3) is 0.875. The maximum atomic E-state index is 11.9. The standard InChI is InChI=1S/C8H14F3N3O2.HI/c9-8(10,11)6(15)5-13-7(12)14-1-3-16-4-2-14;/h6,15H,1-5H2,(H2,12,13);1H. The molecule has 102 valence electrons. The van der Waals surface area contributed by atoms with Gasteiger partial charge in [0.15, 0.2) is 12.1 Å². The SMILES string of the molecule is I.NC(=NCC(O)C(F)(F)F)N1CCOCC1. The van der Waals surface area contributed by atoms with Crippen molar-refractivity contribution in [3.63, 3.8) is 0 Å². The van der Waals surface area contributed by atoms with Crippen LogP contribution in [0.15, 0.2) is 4.99 Å². The zero-order chi connectivity index (χ0) is 12.2. The van der Waals surface area contributed by atoms with Gasteiger partial charge in [-0.25, -0.2) is 0 Å². The molecule has 0 aromatic rings. The zero-order valence-electron chi connectivity index (χ0n) is 8.98. The second kappa shape index (κ2) is 7.21. The Kier molecular flexibility index (Phi) is 7.09. The maximum Gasteiger partial charge on any atom is 0.416 e.